The van der Waals surface area contributed by atoms with Crippen LogP contribution in [0.2, 0.25) is 0 Å². The van der Waals surface area contributed by atoms with Crippen LogP contribution in [0.15, 0.2) is 53.7 Å². The van der Waals surface area contributed by atoms with Crippen LogP contribution in [0.3, 0.4) is 0 Å². The van der Waals surface area contributed by atoms with Crippen molar-refractivity contribution < 1.29 is 5.21 Å². The molecule has 2 aromatic carbocycles. The molecule has 0 aromatic heterocycles. The molecule has 0 saturated carbocycles. The van der Waals surface area contributed by atoms with E-state index in [1.54, 1.807) is 0 Å². The zero-order valence-corrected chi connectivity index (χ0v) is 11.5. The van der Waals surface area contributed by atoms with Crippen LogP contribution >= 0.6 is 0 Å². The fraction of sp³-hybridized carbons (Fsp3) is 0.188. The number of nitrogens with two attached hydrogens (primary N) is 1. The van der Waals surface area contributed by atoms with E-state index in [1.807, 2.05) is 30.3 Å². The summed E-state index contributed by atoms with van der Waals surface area (Å²) < 4.78 is 0. The maximum absolute atomic E-state index is 8.62. The van der Waals surface area contributed by atoms with Crippen molar-refractivity contribution >= 4 is 11.5 Å². The Balaban J connectivity index is 2.04. The highest BCUT2D eigenvalue weighted by molar-refractivity contribution is 5.96. The molecule has 0 fully saturated rings. The smallest absolute Gasteiger partial charge is 0.170 e. The molecule has 20 heavy (non-hydrogen) atoms. The van der Waals surface area contributed by atoms with Gasteiger partial charge in [-0.15, -0.1) is 0 Å². The van der Waals surface area contributed by atoms with Crippen LogP contribution in [0, 0.1) is 0 Å². The van der Waals surface area contributed by atoms with Crippen LogP contribution in [-0.2, 0) is 13.0 Å². The molecule has 0 aliphatic carbocycles. The maximum Gasteiger partial charge on any atom is 0.170 e. The van der Waals surface area contributed by atoms with Gasteiger partial charge in [-0.2, -0.15) is 0 Å². The normalized spacial score (nSPS) is 11.3. The number of anilines is 1. The molecule has 4 heteroatoms. The molecule has 0 aliphatic rings. The van der Waals surface area contributed by atoms with E-state index in [9.17, 15) is 0 Å². The number of aryl methyl sites for hydroxylation is 1. The summed E-state index contributed by atoms with van der Waals surface area (Å²) in [5.41, 5.74) is 9.86. The van der Waals surface area contributed by atoms with E-state index in [0.717, 1.165) is 24.2 Å². The number of para-hydroxylation sites is 1. The Hall–Kier alpha value is -2.49. The lowest BCUT2D eigenvalue weighted by atomic mass is 10.1. The summed E-state index contributed by atoms with van der Waals surface area (Å²) in [7, 11) is 0. The number of hydrogen-bond acceptors (Lipinski definition) is 3. The quantitative estimate of drug-likeness (QED) is 0.338. The predicted molar refractivity (Wildman–Crippen MR) is 82.1 cm³/mol. The second kappa shape index (κ2) is 6.61. The molecule has 0 saturated heterocycles. The summed E-state index contributed by atoms with van der Waals surface area (Å²) in [4.78, 5) is 0. The average molecular weight is 269 g/mol. The van der Waals surface area contributed by atoms with E-state index in [2.05, 4.69) is 35.6 Å². The summed E-state index contributed by atoms with van der Waals surface area (Å²) in [6, 6.07) is 15.9. The van der Waals surface area contributed by atoms with Crippen LogP contribution in [-0.4, -0.2) is 11.0 Å². The number of hydrogen-bond donors (Lipinski definition) is 3. The lowest BCUT2D eigenvalue weighted by Gasteiger charge is -2.11. The van der Waals surface area contributed by atoms with Crippen molar-refractivity contribution in [2.24, 2.45) is 10.9 Å². The SMILES string of the molecule is CCc1ccccc1NCc1ccc(C(N)=NO)cc1. The van der Waals surface area contributed by atoms with Gasteiger partial charge in [0, 0.05) is 17.8 Å². The van der Waals surface area contributed by atoms with Gasteiger partial charge in [0.15, 0.2) is 5.84 Å². The van der Waals surface area contributed by atoms with Gasteiger partial charge in [-0.3, -0.25) is 0 Å². The molecule has 0 aliphatic heterocycles. The van der Waals surface area contributed by atoms with Crippen LogP contribution in [0.5, 0.6) is 0 Å². The second-order valence-corrected chi connectivity index (χ2v) is 4.55. The number of nitrogens with zero attached hydrogens (tertiary/aromatic N) is 1. The van der Waals surface area contributed by atoms with Gasteiger partial charge in [0.1, 0.15) is 0 Å². The monoisotopic (exact) mass is 269 g/mol. The van der Waals surface area contributed by atoms with E-state index in [-0.39, 0.29) is 5.84 Å². The van der Waals surface area contributed by atoms with Crippen molar-refractivity contribution in [3.05, 3.63) is 65.2 Å². The third-order valence-corrected chi connectivity index (χ3v) is 3.24. The molecule has 0 spiro atoms. The number of rotatable bonds is 5. The van der Waals surface area contributed by atoms with Crippen molar-refractivity contribution in [3.63, 3.8) is 0 Å². The first-order valence-corrected chi connectivity index (χ1v) is 6.63. The summed E-state index contributed by atoms with van der Waals surface area (Å²) in [6.45, 7) is 2.89. The first-order valence-electron chi connectivity index (χ1n) is 6.63. The Morgan fingerprint density at radius 1 is 1.15 bits per heavy atom. The van der Waals surface area contributed by atoms with Crippen molar-refractivity contribution in [2.75, 3.05) is 5.32 Å². The van der Waals surface area contributed by atoms with E-state index < -0.39 is 0 Å². The van der Waals surface area contributed by atoms with E-state index in [1.165, 1.54) is 5.56 Å². The summed E-state index contributed by atoms with van der Waals surface area (Å²) in [6.07, 6.45) is 1.01. The van der Waals surface area contributed by atoms with Gasteiger partial charge < -0.3 is 16.3 Å². The number of nitrogens with one attached hydrogen (secondary N) is 1. The summed E-state index contributed by atoms with van der Waals surface area (Å²) in [5.74, 6) is 0.126. The minimum absolute atomic E-state index is 0.126. The fourth-order valence-corrected chi connectivity index (χ4v) is 2.05. The maximum atomic E-state index is 8.62. The number of amidine groups is 1. The topological polar surface area (TPSA) is 70.6 Å². The van der Waals surface area contributed by atoms with Crippen molar-refractivity contribution in [1.82, 2.24) is 0 Å². The lowest BCUT2D eigenvalue weighted by molar-refractivity contribution is 0.318. The Bertz CT molecular complexity index is 591. The molecular formula is C16H19N3O. The minimum Gasteiger partial charge on any atom is -0.409 e. The molecular weight excluding hydrogens is 250 g/mol. The molecule has 2 aromatic rings. The van der Waals surface area contributed by atoms with Crippen LogP contribution < -0.4 is 11.1 Å². The van der Waals surface area contributed by atoms with E-state index >= 15 is 0 Å². The van der Waals surface area contributed by atoms with Gasteiger partial charge in [0.05, 0.1) is 0 Å². The first-order chi connectivity index (χ1) is 9.74. The highest BCUT2D eigenvalue weighted by atomic mass is 16.4. The Kier molecular flexibility index (Phi) is 4.60. The minimum atomic E-state index is 0.126. The standard InChI is InChI=1S/C16H19N3O/c1-2-13-5-3-4-6-15(13)18-11-12-7-9-14(10-8-12)16(17)19-20/h3-10,18,20H,2,11H2,1H3,(H2,17,19). The highest BCUT2D eigenvalue weighted by Crippen LogP contribution is 2.16. The predicted octanol–water partition coefficient (Wildman–Crippen LogP) is 2.96. The zero-order chi connectivity index (χ0) is 14.4. The molecule has 4 N–H and O–H groups in total. The first kappa shape index (κ1) is 13.9. The Morgan fingerprint density at radius 2 is 1.85 bits per heavy atom. The highest BCUT2D eigenvalue weighted by Gasteiger charge is 2.01. The van der Waals surface area contributed by atoms with Crippen LogP contribution in [0.4, 0.5) is 5.69 Å². The van der Waals surface area contributed by atoms with Crippen LogP contribution in [0.25, 0.3) is 0 Å². The summed E-state index contributed by atoms with van der Waals surface area (Å²) in [5, 5.41) is 15.0. The van der Waals surface area contributed by atoms with Gasteiger partial charge in [-0.1, -0.05) is 54.5 Å². The van der Waals surface area contributed by atoms with Crippen molar-refractivity contribution in [2.45, 2.75) is 19.9 Å². The molecule has 0 atom stereocenters. The van der Waals surface area contributed by atoms with Gasteiger partial charge in [-0.05, 0) is 23.6 Å². The average Bonchev–Trinajstić information content (AvgIpc) is 2.53. The Labute approximate surface area is 118 Å². The van der Waals surface area contributed by atoms with Crippen molar-refractivity contribution in [3.8, 4) is 0 Å². The van der Waals surface area contributed by atoms with Gasteiger partial charge >= 0.3 is 0 Å². The molecule has 0 heterocycles. The van der Waals surface area contributed by atoms with Gasteiger partial charge in [0.2, 0.25) is 0 Å². The Morgan fingerprint density at radius 3 is 2.50 bits per heavy atom. The molecule has 0 radical (unpaired) electrons. The van der Waals surface area contributed by atoms with Gasteiger partial charge in [-0.25, -0.2) is 0 Å². The summed E-state index contributed by atoms with van der Waals surface area (Å²) >= 11 is 0. The van der Waals surface area contributed by atoms with Crippen LogP contribution in [0.1, 0.15) is 23.6 Å². The third-order valence-electron chi connectivity index (χ3n) is 3.24. The molecule has 0 bridgehead atoms. The fourth-order valence-electron chi connectivity index (χ4n) is 2.05. The molecule has 2 rings (SSSR count). The molecule has 0 unspecified atom stereocenters. The largest absolute Gasteiger partial charge is 0.409 e. The van der Waals surface area contributed by atoms with E-state index in [4.69, 9.17) is 10.9 Å². The third kappa shape index (κ3) is 3.29. The van der Waals surface area contributed by atoms with Crippen molar-refractivity contribution in [1.29, 1.82) is 0 Å². The second-order valence-electron chi connectivity index (χ2n) is 4.55. The molecule has 4 nitrogen and oxygen atoms in total. The van der Waals surface area contributed by atoms with E-state index in [0.29, 0.717) is 5.56 Å². The lowest BCUT2D eigenvalue weighted by Crippen LogP contribution is -2.13. The number of oxime groups is 1. The molecule has 104 valence electrons. The molecule has 0 amide bonds. The zero-order valence-electron chi connectivity index (χ0n) is 11.5. The number of benzene rings is 2. The van der Waals surface area contributed by atoms with Gasteiger partial charge in [0.25, 0.3) is 0 Å².